The maximum Gasteiger partial charge on any atom is 0.264 e. The molecule has 1 fully saturated rings. The Kier molecular flexibility index (Phi) is 8.71. The van der Waals surface area contributed by atoms with Crippen LogP contribution in [-0.2, 0) is 19.6 Å². The summed E-state index contributed by atoms with van der Waals surface area (Å²) >= 11 is 6.20. The smallest absolute Gasteiger partial charge is 0.264 e. The van der Waals surface area contributed by atoms with Crippen molar-refractivity contribution in [1.82, 2.24) is 5.32 Å². The standard InChI is InChI=1S/C28H30ClN3O5S/c1-19-9-13-23(14-10-19)38(35,36)32(26-16-21(29)12-11-20(26)2)18-27(33)31-25-8-4-3-7-24(25)28(34)30-17-22-6-5-15-37-22/h3-4,7-14,16,22H,5-6,15,17-18H2,1-2H3,(H,30,34)(H,31,33)/t22-/m1/s1. The minimum atomic E-state index is -4.12. The van der Waals surface area contributed by atoms with Crippen LogP contribution in [0.15, 0.2) is 71.6 Å². The third-order valence-corrected chi connectivity index (χ3v) is 8.31. The summed E-state index contributed by atoms with van der Waals surface area (Å²) in [7, 11) is -4.12. The molecule has 0 bridgehead atoms. The molecule has 2 N–H and O–H groups in total. The Bertz CT molecular complexity index is 1420. The van der Waals surface area contributed by atoms with E-state index in [-0.39, 0.29) is 33.8 Å². The number of amides is 2. The van der Waals surface area contributed by atoms with Gasteiger partial charge in [0.05, 0.1) is 27.9 Å². The molecule has 0 spiro atoms. The number of hydrogen-bond acceptors (Lipinski definition) is 5. The first-order valence-electron chi connectivity index (χ1n) is 12.3. The second kappa shape index (κ2) is 12.0. The van der Waals surface area contributed by atoms with Gasteiger partial charge in [0.25, 0.3) is 15.9 Å². The highest BCUT2D eigenvalue weighted by molar-refractivity contribution is 7.92. The van der Waals surface area contributed by atoms with E-state index >= 15 is 0 Å². The number of carbonyl (C=O) groups is 2. The van der Waals surface area contributed by atoms with Crippen LogP contribution in [0.25, 0.3) is 0 Å². The zero-order chi connectivity index (χ0) is 27.3. The summed E-state index contributed by atoms with van der Waals surface area (Å²) in [5.41, 5.74) is 2.37. The van der Waals surface area contributed by atoms with Gasteiger partial charge in [-0.25, -0.2) is 8.42 Å². The van der Waals surface area contributed by atoms with Gasteiger partial charge in [-0.2, -0.15) is 0 Å². The average molecular weight is 556 g/mol. The van der Waals surface area contributed by atoms with Crippen LogP contribution in [0.5, 0.6) is 0 Å². The van der Waals surface area contributed by atoms with Crippen molar-refractivity contribution in [2.45, 2.75) is 37.7 Å². The molecule has 0 radical (unpaired) electrons. The van der Waals surface area contributed by atoms with Gasteiger partial charge in [0.15, 0.2) is 0 Å². The number of aryl methyl sites for hydroxylation is 2. The fraction of sp³-hybridized carbons (Fsp3) is 0.286. The Morgan fingerprint density at radius 1 is 1.05 bits per heavy atom. The minimum Gasteiger partial charge on any atom is -0.376 e. The molecule has 3 aromatic carbocycles. The van der Waals surface area contributed by atoms with Crippen molar-refractivity contribution in [3.05, 3.63) is 88.4 Å². The van der Waals surface area contributed by atoms with Gasteiger partial charge in [-0.1, -0.05) is 47.5 Å². The van der Waals surface area contributed by atoms with E-state index in [1.165, 1.54) is 18.2 Å². The van der Waals surface area contributed by atoms with Gasteiger partial charge in [-0.15, -0.1) is 0 Å². The van der Waals surface area contributed by atoms with Gasteiger partial charge in [0, 0.05) is 18.2 Å². The van der Waals surface area contributed by atoms with Crippen molar-refractivity contribution in [3.8, 4) is 0 Å². The van der Waals surface area contributed by atoms with Crippen molar-refractivity contribution in [2.75, 3.05) is 29.3 Å². The monoisotopic (exact) mass is 555 g/mol. The molecular formula is C28H30ClN3O5S. The fourth-order valence-electron chi connectivity index (χ4n) is 4.21. The van der Waals surface area contributed by atoms with Crippen LogP contribution in [0.3, 0.4) is 0 Å². The van der Waals surface area contributed by atoms with Gasteiger partial charge in [0.2, 0.25) is 5.91 Å². The Morgan fingerprint density at radius 2 is 1.79 bits per heavy atom. The minimum absolute atomic E-state index is 0.0258. The van der Waals surface area contributed by atoms with Crippen molar-refractivity contribution in [3.63, 3.8) is 0 Å². The van der Waals surface area contributed by atoms with Gasteiger partial charge in [-0.05, 0) is 68.7 Å². The van der Waals surface area contributed by atoms with E-state index in [2.05, 4.69) is 10.6 Å². The highest BCUT2D eigenvalue weighted by Crippen LogP contribution is 2.30. The SMILES string of the molecule is Cc1ccc(S(=O)(=O)N(CC(=O)Nc2ccccc2C(=O)NC[C@H]2CCCO2)c2cc(Cl)ccc2C)cc1. The molecule has 4 rings (SSSR count). The summed E-state index contributed by atoms with van der Waals surface area (Å²) in [5.74, 6) is -0.967. The lowest BCUT2D eigenvalue weighted by Gasteiger charge is -2.26. The zero-order valence-electron chi connectivity index (χ0n) is 21.2. The molecule has 0 unspecified atom stereocenters. The average Bonchev–Trinajstić information content (AvgIpc) is 3.42. The molecule has 1 heterocycles. The molecule has 200 valence electrons. The second-order valence-corrected chi connectivity index (χ2v) is 11.5. The van der Waals surface area contributed by atoms with Gasteiger partial charge in [0.1, 0.15) is 6.54 Å². The fourth-order valence-corrected chi connectivity index (χ4v) is 5.85. The first kappa shape index (κ1) is 27.6. The van der Waals surface area contributed by atoms with E-state index in [0.29, 0.717) is 23.7 Å². The predicted molar refractivity (Wildman–Crippen MR) is 148 cm³/mol. The van der Waals surface area contributed by atoms with Gasteiger partial charge < -0.3 is 15.4 Å². The number of anilines is 2. The Labute approximate surface area is 228 Å². The Morgan fingerprint density at radius 3 is 2.50 bits per heavy atom. The third kappa shape index (κ3) is 6.53. The van der Waals surface area contributed by atoms with Crippen molar-refractivity contribution >= 4 is 44.8 Å². The molecule has 1 atom stereocenters. The molecule has 38 heavy (non-hydrogen) atoms. The second-order valence-electron chi connectivity index (χ2n) is 9.19. The highest BCUT2D eigenvalue weighted by Gasteiger charge is 2.29. The van der Waals surface area contributed by atoms with Crippen LogP contribution < -0.4 is 14.9 Å². The molecule has 1 aliphatic rings. The number of nitrogens with one attached hydrogen (secondary N) is 2. The predicted octanol–water partition coefficient (Wildman–Crippen LogP) is 4.70. The number of benzene rings is 3. The Hall–Kier alpha value is -3.40. The molecular weight excluding hydrogens is 526 g/mol. The number of rotatable bonds is 9. The molecule has 8 nitrogen and oxygen atoms in total. The first-order valence-corrected chi connectivity index (χ1v) is 14.1. The molecule has 0 aliphatic carbocycles. The number of para-hydroxylation sites is 1. The molecule has 0 aromatic heterocycles. The van der Waals surface area contributed by atoms with Crippen LogP contribution in [0.4, 0.5) is 11.4 Å². The summed E-state index contributed by atoms with van der Waals surface area (Å²) in [6, 6.07) is 17.8. The van der Waals surface area contributed by atoms with E-state index in [1.54, 1.807) is 55.5 Å². The molecule has 2 amide bonds. The lowest BCUT2D eigenvalue weighted by molar-refractivity contribution is -0.114. The number of carbonyl (C=O) groups excluding carboxylic acids is 2. The van der Waals surface area contributed by atoms with Gasteiger partial charge in [-0.3, -0.25) is 13.9 Å². The largest absolute Gasteiger partial charge is 0.376 e. The van der Waals surface area contributed by atoms with Crippen LogP contribution in [-0.4, -0.2) is 46.0 Å². The lowest BCUT2D eigenvalue weighted by atomic mass is 10.1. The van der Waals surface area contributed by atoms with Crippen LogP contribution >= 0.6 is 11.6 Å². The van der Waals surface area contributed by atoms with Crippen LogP contribution in [0, 0.1) is 13.8 Å². The maximum atomic E-state index is 13.7. The van der Waals surface area contributed by atoms with Gasteiger partial charge >= 0.3 is 0 Å². The summed E-state index contributed by atoms with van der Waals surface area (Å²) < 4.78 is 34.0. The molecule has 1 saturated heterocycles. The first-order chi connectivity index (χ1) is 18.1. The Balaban J connectivity index is 1.59. The van der Waals surface area contributed by atoms with E-state index < -0.39 is 22.5 Å². The normalized spacial score (nSPS) is 15.2. The van der Waals surface area contributed by atoms with Crippen molar-refractivity contribution in [2.24, 2.45) is 0 Å². The highest BCUT2D eigenvalue weighted by atomic mass is 35.5. The number of nitrogens with zero attached hydrogens (tertiary/aromatic N) is 1. The number of halogens is 1. The number of sulfonamides is 1. The summed E-state index contributed by atoms with van der Waals surface area (Å²) in [6.45, 7) is 4.13. The molecule has 3 aromatic rings. The van der Waals surface area contributed by atoms with Crippen molar-refractivity contribution in [1.29, 1.82) is 0 Å². The topological polar surface area (TPSA) is 105 Å². The zero-order valence-corrected chi connectivity index (χ0v) is 22.8. The van der Waals surface area contributed by atoms with Crippen molar-refractivity contribution < 1.29 is 22.7 Å². The molecule has 10 heteroatoms. The summed E-state index contributed by atoms with van der Waals surface area (Å²) in [4.78, 5) is 26.2. The quantitative estimate of drug-likeness (QED) is 0.398. The summed E-state index contributed by atoms with van der Waals surface area (Å²) in [5, 5.41) is 5.90. The summed E-state index contributed by atoms with van der Waals surface area (Å²) in [6.07, 6.45) is 1.82. The number of hydrogen-bond donors (Lipinski definition) is 2. The van der Waals surface area contributed by atoms with E-state index in [9.17, 15) is 18.0 Å². The van der Waals surface area contributed by atoms with Crippen LogP contribution in [0.2, 0.25) is 5.02 Å². The third-order valence-electron chi connectivity index (χ3n) is 6.30. The molecule has 0 saturated carbocycles. The molecule has 1 aliphatic heterocycles. The van der Waals surface area contributed by atoms with E-state index in [0.717, 1.165) is 22.7 Å². The van der Waals surface area contributed by atoms with E-state index in [1.807, 2.05) is 6.92 Å². The number of ether oxygens (including phenoxy) is 1. The van der Waals surface area contributed by atoms with Crippen LogP contribution in [0.1, 0.15) is 34.3 Å². The lowest BCUT2D eigenvalue weighted by Crippen LogP contribution is -2.39. The van der Waals surface area contributed by atoms with E-state index in [4.69, 9.17) is 16.3 Å². The maximum absolute atomic E-state index is 13.7.